The molecule has 2 aliphatic carbocycles. The van der Waals surface area contributed by atoms with E-state index in [0.29, 0.717) is 12.1 Å². The van der Waals surface area contributed by atoms with Crippen LogP contribution in [0.3, 0.4) is 0 Å². The third kappa shape index (κ3) is 5.33. The first-order valence-electron chi connectivity index (χ1n) is 7.38. The highest BCUT2D eigenvalue weighted by molar-refractivity contribution is 14.0. The maximum Gasteiger partial charge on any atom is 0.191 e. The Balaban J connectivity index is 0.00000162. The van der Waals surface area contributed by atoms with Gasteiger partial charge < -0.3 is 10.6 Å². The number of aliphatic imine (C=N–C) groups is 1. The molecule has 2 aliphatic rings. The lowest BCUT2D eigenvalue weighted by atomic mass is 9.95. The van der Waals surface area contributed by atoms with E-state index < -0.39 is 0 Å². The van der Waals surface area contributed by atoms with Gasteiger partial charge in [-0.1, -0.05) is 38.5 Å². The Morgan fingerprint density at radius 2 is 1.17 bits per heavy atom. The molecule has 0 aromatic rings. The van der Waals surface area contributed by atoms with Crippen LogP contribution in [0.5, 0.6) is 0 Å². The molecule has 106 valence electrons. The molecule has 0 aromatic carbocycles. The molecule has 0 heterocycles. The number of hydrogen-bond donors (Lipinski definition) is 2. The van der Waals surface area contributed by atoms with Crippen molar-refractivity contribution in [1.82, 2.24) is 10.6 Å². The summed E-state index contributed by atoms with van der Waals surface area (Å²) in [6.07, 6.45) is 13.6. The van der Waals surface area contributed by atoms with Gasteiger partial charge in [-0.15, -0.1) is 24.0 Å². The van der Waals surface area contributed by atoms with Gasteiger partial charge in [0.1, 0.15) is 0 Å². The van der Waals surface area contributed by atoms with Crippen LogP contribution in [0.4, 0.5) is 0 Å². The number of hydrogen-bond acceptors (Lipinski definition) is 1. The second-order valence-corrected chi connectivity index (χ2v) is 5.53. The fraction of sp³-hybridized carbons (Fsp3) is 0.929. The number of halogens is 1. The summed E-state index contributed by atoms with van der Waals surface area (Å²) in [6, 6.07) is 1.30. The van der Waals surface area contributed by atoms with E-state index in [1.54, 1.807) is 0 Å². The van der Waals surface area contributed by atoms with Crippen molar-refractivity contribution in [2.24, 2.45) is 4.99 Å². The highest BCUT2D eigenvalue weighted by atomic mass is 127. The minimum Gasteiger partial charge on any atom is -0.354 e. The van der Waals surface area contributed by atoms with Crippen molar-refractivity contribution in [3.63, 3.8) is 0 Å². The van der Waals surface area contributed by atoms with Gasteiger partial charge in [0, 0.05) is 19.1 Å². The highest BCUT2D eigenvalue weighted by Gasteiger charge is 2.18. The van der Waals surface area contributed by atoms with Gasteiger partial charge in [-0.3, -0.25) is 4.99 Å². The first-order valence-corrected chi connectivity index (χ1v) is 7.38. The molecule has 0 spiro atoms. The average molecular weight is 365 g/mol. The Hall–Kier alpha value is 0. The summed E-state index contributed by atoms with van der Waals surface area (Å²) < 4.78 is 0. The first kappa shape index (κ1) is 16.1. The van der Waals surface area contributed by atoms with E-state index in [1.807, 2.05) is 7.05 Å². The minimum atomic E-state index is 0. The maximum atomic E-state index is 4.37. The molecule has 0 saturated heterocycles. The van der Waals surface area contributed by atoms with Gasteiger partial charge >= 0.3 is 0 Å². The van der Waals surface area contributed by atoms with Crippen LogP contribution in [0.15, 0.2) is 4.99 Å². The molecule has 0 aliphatic heterocycles. The van der Waals surface area contributed by atoms with Crippen LogP contribution >= 0.6 is 24.0 Å². The van der Waals surface area contributed by atoms with Gasteiger partial charge in [0.25, 0.3) is 0 Å². The summed E-state index contributed by atoms with van der Waals surface area (Å²) in [5, 5.41) is 7.18. The van der Waals surface area contributed by atoms with Crippen LogP contribution < -0.4 is 10.6 Å². The molecule has 0 aromatic heterocycles. The summed E-state index contributed by atoms with van der Waals surface area (Å²) >= 11 is 0. The van der Waals surface area contributed by atoms with E-state index in [4.69, 9.17) is 0 Å². The molecule has 0 amide bonds. The number of guanidine groups is 1. The van der Waals surface area contributed by atoms with Crippen molar-refractivity contribution >= 4 is 29.9 Å². The minimum absolute atomic E-state index is 0. The second kappa shape index (κ2) is 8.99. The molecule has 0 unspecified atom stereocenters. The van der Waals surface area contributed by atoms with Crippen molar-refractivity contribution in [2.45, 2.75) is 76.3 Å². The molecule has 0 radical (unpaired) electrons. The zero-order valence-corrected chi connectivity index (χ0v) is 13.9. The van der Waals surface area contributed by atoms with E-state index in [0.717, 1.165) is 5.96 Å². The largest absolute Gasteiger partial charge is 0.354 e. The van der Waals surface area contributed by atoms with Gasteiger partial charge in [0.05, 0.1) is 0 Å². The van der Waals surface area contributed by atoms with E-state index in [1.165, 1.54) is 64.2 Å². The van der Waals surface area contributed by atoms with Crippen LogP contribution in [-0.4, -0.2) is 25.1 Å². The molecule has 3 nitrogen and oxygen atoms in total. The fourth-order valence-corrected chi connectivity index (χ4v) is 3.05. The summed E-state index contributed by atoms with van der Waals surface area (Å²) in [5.41, 5.74) is 0. The topological polar surface area (TPSA) is 36.4 Å². The van der Waals surface area contributed by atoms with Gasteiger partial charge in [0.2, 0.25) is 0 Å². The van der Waals surface area contributed by atoms with Gasteiger partial charge in [-0.2, -0.15) is 0 Å². The zero-order valence-electron chi connectivity index (χ0n) is 11.6. The Labute approximate surface area is 129 Å². The van der Waals surface area contributed by atoms with E-state index >= 15 is 0 Å². The summed E-state index contributed by atoms with van der Waals surface area (Å²) in [4.78, 5) is 4.37. The van der Waals surface area contributed by atoms with Gasteiger partial charge in [-0.25, -0.2) is 0 Å². The Kier molecular flexibility index (Phi) is 8.02. The van der Waals surface area contributed by atoms with Crippen LogP contribution in [0, 0.1) is 0 Å². The molecule has 2 saturated carbocycles. The van der Waals surface area contributed by atoms with Crippen molar-refractivity contribution < 1.29 is 0 Å². The van der Waals surface area contributed by atoms with E-state index in [9.17, 15) is 0 Å². The standard InChI is InChI=1S/C14H27N3.HI/c1-15-14(16-12-8-4-2-5-9-12)17-13-10-6-3-7-11-13;/h12-13H,2-11H2,1H3,(H2,15,16,17);1H. The summed E-state index contributed by atoms with van der Waals surface area (Å²) in [7, 11) is 1.89. The van der Waals surface area contributed by atoms with Crippen LogP contribution in [0.1, 0.15) is 64.2 Å². The predicted octanol–water partition coefficient (Wildman–Crippen LogP) is 3.43. The fourth-order valence-electron chi connectivity index (χ4n) is 3.05. The third-order valence-electron chi connectivity index (χ3n) is 4.12. The van der Waals surface area contributed by atoms with Crippen molar-refractivity contribution in [1.29, 1.82) is 0 Å². The van der Waals surface area contributed by atoms with Crippen LogP contribution in [0.25, 0.3) is 0 Å². The SMILES string of the molecule is CN=C(NC1CCCCC1)NC1CCCCC1.I. The molecule has 18 heavy (non-hydrogen) atoms. The first-order chi connectivity index (χ1) is 8.38. The highest BCUT2D eigenvalue weighted by Crippen LogP contribution is 2.19. The smallest absolute Gasteiger partial charge is 0.191 e. The monoisotopic (exact) mass is 365 g/mol. The van der Waals surface area contributed by atoms with Gasteiger partial charge in [-0.05, 0) is 25.7 Å². The van der Waals surface area contributed by atoms with Crippen LogP contribution in [-0.2, 0) is 0 Å². The van der Waals surface area contributed by atoms with E-state index in [2.05, 4.69) is 15.6 Å². The lowest BCUT2D eigenvalue weighted by Gasteiger charge is -2.29. The maximum absolute atomic E-state index is 4.37. The van der Waals surface area contributed by atoms with Crippen molar-refractivity contribution in [2.75, 3.05) is 7.05 Å². The summed E-state index contributed by atoms with van der Waals surface area (Å²) in [6.45, 7) is 0. The zero-order chi connectivity index (χ0) is 11.9. The number of nitrogens with one attached hydrogen (secondary N) is 2. The lowest BCUT2D eigenvalue weighted by Crippen LogP contribution is -2.48. The molecular weight excluding hydrogens is 337 g/mol. The molecular formula is C14H28IN3. The second-order valence-electron chi connectivity index (χ2n) is 5.53. The Morgan fingerprint density at radius 1 is 0.778 bits per heavy atom. The Bertz CT molecular complexity index is 221. The quantitative estimate of drug-likeness (QED) is 0.447. The normalized spacial score (nSPS) is 21.8. The molecule has 4 heteroatoms. The molecule has 2 N–H and O–H groups in total. The third-order valence-corrected chi connectivity index (χ3v) is 4.12. The number of rotatable bonds is 2. The Morgan fingerprint density at radius 3 is 1.50 bits per heavy atom. The molecule has 2 rings (SSSR count). The molecule has 0 bridgehead atoms. The predicted molar refractivity (Wildman–Crippen MR) is 88.8 cm³/mol. The summed E-state index contributed by atoms with van der Waals surface area (Å²) in [5.74, 6) is 1.03. The van der Waals surface area contributed by atoms with Gasteiger partial charge in [0.15, 0.2) is 5.96 Å². The lowest BCUT2D eigenvalue weighted by molar-refractivity contribution is 0.389. The van der Waals surface area contributed by atoms with Crippen LogP contribution in [0.2, 0.25) is 0 Å². The van der Waals surface area contributed by atoms with Crippen molar-refractivity contribution in [3.05, 3.63) is 0 Å². The molecule has 2 fully saturated rings. The number of nitrogens with zero attached hydrogens (tertiary/aromatic N) is 1. The average Bonchev–Trinajstić information content (AvgIpc) is 2.40. The van der Waals surface area contributed by atoms with E-state index in [-0.39, 0.29) is 24.0 Å². The van der Waals surface area contributed by atoms with Crippen molar-refractivity contribution in [3.8, 4) is 0 Å². The molecule has 0 atom stereocenters.